The summed E-state index contributed by atoms with van der Waals surface area (Å²) in [6, 6.07) is 3.61. The molecule has 1 aromatic rings. The van der Waals surface area contributed by atoms with Gasteiger partial charge in [0, 0.05) is 18.5 Å². The van der Waals surface area contributed by atoms with Gasteiger partial charge in [-0.3, -0.25) is 4.98 Å². The number of hydrogen-bond acceptors (Lipinski definition) is 2. The van der Waals surface area contributed by atoms with Gasteiger partial charge in [0.15, 0.2) is 0 Å². The van der Waals surface area contributed by atoms with Gasteiger partial charge >= 0.3 is 0 Å². The second-order valence-electron chi connectivity index (χ2n) is 1.39. The summed E-state index contributed by atoms with van der Waals surface area (Å²) in [5, 5.41) is 0. The minimum Gasteiger partial charge on any atom is -0.497 e. The molecule has 0 aliphatic rings. The summed E-state index contributed by atoms with van der Waals surface area (Å²) in [6.45, 7) is 0. The van der Waals surface area contributed by atoms with Gasteiger partial charge in [-0.05, 0) is 12.1 Å². The summed E-state index contributed by atoms with van der Waals surface area (Å²) in [6.07, 6.45) is 3.39. The van der Waals surface area contributed by atoms with Crippen LogP contribution in [-0.2, 0) is 0 Å². The SMILES string of the molecule is COc1ccncc1.[N]. The average molecular weight is 123 g/mol. The number of aromatic nitrogens is 1. The van der Waals surface area contributed by atoms with Gasteiger partial charge in [0.1, 0.15) is 5.75 Å². The first-order chi connectivity index (χ1) is 3.93. The lowest BCUT2D eigenvalue weighted by molar-refractivity contribution is 0.414. The van der Waals surface area contributed by atoms with Gasteiger partial charge in [0.05, 0.1) is 7.11 Å². The first kappa shape index (κ1) is 7.91. The van der Waals surface area contributed by atoms with Crippen molar-refractivity contribution in [2.45, 2.75) is 0 Å². The van der Waals surface area contributed by atoms with Crippen LogP contribution in [0.5, 0.6) is 5.75 Å². The van der Waals surface area contributed by atoms with Crippen LogP contribution in [0.15, 0.2) is 24.5 Å². The predicted octanol–water partition coefficient (Wildman–Crippen LogP) is 0.610. The number of ether oxygens (including phenoxy) is 1. The Labute approximate surface area is 54.3 Å². The molecule has 0 amide bonds. The summed E-state index contributed by atoms with van der Waals surface area (Å²) in [5.41, 5.74) is 0. The topological polar surface area (TPSA) is 52.6 Å². The molecule has 0 unspecified atom stereocenters. The van der Waals surface area contributed by atoms with Crippen LogP contribution in [0.2, 0.25) is 0 Å². The van der Waals surface area contributed by atoms with Crippen molar-refractivity contribution in [1.82, 2.24) is 11.1 Å². The van der Waals surface area contributed by atoms with Crippen molar-refractivity contribution in [2.75, 3.05) is 7.11 Å². The Kier molecular flexibility index (Phi) is 3.39. The van der Waals surface area contributed by atoms with Crippen LogP contribution in [0.4, 0.5) is 0 Å². The smallest absolute Gasteiger partial charge is 0.121 e. The molecule has 0 aliphatic carbocycles. The number of nitrogens with zero attached hydrogens (tertiary/aromatic N) is 2. The van der Waals surface area contributed by atoms with E-state index in [2.05, 4.69) is 4.98 Å². The van der Waals surface area contributed by atoms with Gasteiger partial charge in [0.25, 0.3) is 0 Å². The summed E-state index contributed by atoms with van der Waals surface area (Å²) in [5.74, 6) is 0.847. The molecule has 0 saturated heterocycles. The molecule has 1 heterocycles. The Morgan fingerprint density at radius 1 is 1.33 bits per heavy atom. The molecular formula is C6H7N2O. The molecule has 1 rings (SSSR count). The number of rotatable bonds is 1. The first-order valence-corrected chi connectivity index (χ1v) is 2.37. The monoisotopic (exact) mass is 123 g/mol. The lowest BCUT2D eigenvalue weighted by atomic mass is 10.5. The third kappa shape index (κ3) is 2.10. The Bertz CT molecular complexity index is 152. The Morgan fingerprint density at radius 2 is 1.89 bits per heavy atom. The van der Waals surface area contributed by atoms with Gasteiger partial charge in [-0.1, -0.05) is 0 Å². The fraction of sp³-hybridized carbons (Fsp3) is 0.167. The van der Waals surface area contributed by atoms with E-state index < -0.39 is 0 Å². The van der Waals surface area contributed by atoms with Crippen molar-refractivity contribution in [3.63, 3.8) is 0 Å². The number of pyridine rings is 1. The van der Waals surface area contributed by atoms with Crippen molar-refractivity contribution in [3.8, 4) is 5.75 Å². The van der Waals surface area contributed by atoms with Gasteiger partial charge in [-0.25, -0.2) is 0 Å². The van der Waals surface area contributed by atoms with Crippen molar-refractivity contribution in [3.05, 3.63) is 24.5 Å². The Morgan fingerprint density at radius 3 is 2.22 bits per heavy atom. The van der Waals surface area contributed by atoms with E-state index in [1.165, 1.54) is 0 Å². The highest BCUT2D eigenvalue weighted by Gasteiger charge is 1.81. The average Bonchev–Trinajstić information content (AvgIpc) is 1.90. The molecule has 0 bridgehead atoms. The van der Waals surface area contributed by atoms with E-state index >= 15 is 0 Å². The third-order valence-electron chi connectivity index (χ3n) is 0.885. The predicted molar refractivity (Wildman–Crippen MR) is 32.9 cm³/mol. The number of methoxy groups -OCH3 is 1. The zero-order chi connectivity index (χ0) is 5.82. The van der Waals surface area contributed by atoms with E-state index in [9.17, 15) is 0 Å². The quantitative estimate of drug-likeness (QED) is 0.549. The van der Waals surface area contributed by atoms with Crippen molar-refractivity contribution in [2.24, 2.45) is 0 Å². The summed E-state index contributed by atoms with van der Waals surface area (Å²) in [7, 11) is 1.63. The fourth-order valence-electron chi connectivity index (χ4n) is 0.474. The maximum atomic E-state index is 4.87. The van der Waals surface area contributed by atoms with E-state index in [1.54, 1.807) is 31.6 Å². The second-order valence-corrected chi connectivity index (χ2v) is 1.39. The molecule has 3 heteroatoms. The molecule has 0 fully saturated rings. The van der Waals surface area contributed by atoms with Gasteiger partial charge < -0.3 is 4.74 Å². The standard InChI is InChI=1S/C6H7NO.N/c1-8-6-2-4-7-5-3-6;/h2-5H,1H3;. The van der Waals surface area contributed by atoms with E-state index in [4.69, 9.17) is 4.74 Å². The van der Waals surface area contributed by atoms with Gasteiger partial charge in [-0.2, -0.15) is 0 Å². The zero-order valence-electron chi connectivity index (χ0n) is 5.11. The molecule has 0 atom stereocenters. The maximum absolute atomic E-state index is 4.87. The summed E-state index contributed by atoms with van der Waals surface area (Å²) < 4.78 is 4.87. The van der Waals surface area contributed by atoms with Crippen molar-refractivity contribution < 1.29 is 4.74 Å². The molecule has 3 nitrogen and oxygen atoms in total. The van der Waals surface area contributed by atoms with Crippen molar-refractivity contribution >= 4 is 0 Å². The highest BCUT2D eigenvalue weighted by atomic mass is 16.5. The molecule has 9 heavy (non-hydrogen) atoms. The molecule has 0 aromatic carbocycles. The molecule has 0 aliphatic heterocycles. The fourth-order valence-corrected chi connectivity index (χ4v) is 0.474. The van der Waals surface area contributed by atoms with Crippen LogP contribution in [0, 0.1) is 0 Å². The molecule has 47 valence electrons. The maximum Gasteiger partial charge on any atom is 0.121 e. The lowest BCUT2D eigenvalue weighted by Gasteiger charge is -1.93. The first-order valence-electron chi connectivity index (χ1n) is 2.37. The molecule has 1 aromatic heterocycles. The zero-order valence-corrected chi connectivity index (χ0v) is 5.11. The molecular weight excluding hydrogens is 116 g/mol. The van der Waals surface area contributed by atoms with Crippen LogP contribution in [0.25, 0.3) is 0 Å². The normalized spacial score (nSPS) is 7.67. The van der Waals surface area contributed by atoms with Crippen LogP contribution in [0.3, 0.4) is 0 Å². The van der Waals surface area contributed by atoms with E-state index in [1.807, 2.05) is 0 Å². The second kappa shape index (κ2) is 3.86. The largest absolute Gasteiger partial charge is 0.497 e. The summed E-state index contributed by atoms with van der Waals surface area (Å²) >= 11 is 0. The third-order valence-corrected chi connectivity index (χ3v) is 0.885. The minimum atomic E-state index is 0. The lowest BCUT2D eigenvalue weighted by Crippen LogP contribution is -1.80. The van der Waals surface area contributed by atoms with Crippen LogP contribution in [0.1, 0.15) is 0 Å². The van der Waals surface area contributed by atoms with Gasteiger partial charge in [-0.15, -0.1) is 0 Å². The van der Waals surface area contributed by atoms with Gasteiger partial charge in [0.2, 0.25) is 0 Å². The molecule has 0 N–H and O–H groups in total. The van der Waals surface area contributed by atoms with Crippen molar-refractivity contribution in [1.29, 1.82) is 0 Å². The van der Waals surface area contributed by atoms with E-state index in [0.29, 0.717) is 0 Å². The minimum absolute atomic E-state index is 0. The van der Waals surface area contributed by atoms with E-state index in [-0.39, 0.29) is 6.15 Å². The highest BCUT2D eigenvalue weighted by molar-refractivity contribution is 5.16. The Hall–Kier alpha value is -1.09. The molecule has 0 saturated carbocycles. The Balaban J connectivity index is 0.000000640. The summed E-state index contributed by atoms with van der Waals surface area (Å²) in [4.78, 5) is 3.81. The van der Waals surface area contributed by atoms with E-state index in [0.717, 1.165) is 5.75 Å². The van der Waals surface area contributed by atoms with Crippen LogP contribution < -0.4 is 10.9 Å². The van der Waals surface area contributed by atoms with Crippen LogP contribution in [-0.4, -0.2) is 12.1 Å². The highest BCUT2D eigenvalue weighted by Crippen LogP contribution is 2.03. The molecule has 3 radical (unpaired) electrons. The number of hydrogen-bond donors (Lipinski definition) is 0. The van der Waals surface area contributed by atoms with Crippen LogP contribution >= 0.6 is 0 Å². The molecule has 0 spiro atoms.